The lowest BCUT2D eigenvalue weighted by Crippen LogP contribution is -2.18. The summed E-state index contributed by atoms with van der Waals surface area (Å²) < 4.78 is 26.3. The quantitative estimate of drug-likeness (QED) is 0.344. The molecule has 9 nitrogen and oxygen atoms in total. The highest BCUT2D eigenvalue weighted by molar-refractivity contribution is 6.35. The molecule has 4 heterocycles. The van der Waals surface area contributed by atoms with Crippen LogP contribution in [-0.4, -0.2) is 45.3 Å². The molecule has 0 spiro atoms. The van der Waals surface area contributed by atoms with Crippen molar-refractivity contribution < 1.29 is 13.7 Å². The number of aromatic nitrogens is 5. The van der Waals surface area contributed by atoms with Gasteiger partial charge in [-0.25, -0.2) is 14.4 Å². The van der Waals surface area contributed by atoms with Crippen LogP contribution in [-0.2, 0) is 13.1 Å². The molecule has 0 atom stereocenters. The second kappa shape index (κ2) is 10.2. The highest BCUT2D eigenvalue weighted by Gasteiger charge is 2.29. The smallest absolute Gasteiger partial charge is 0.165 e. The van der Waals surface area contributed by atoms with Crippen LogP contribution in [0, 0.1) is 19.7 Å². The Kier molecular flexibility index (Phi) is 6.80. The number of hydrogen-bond acceptors (Lipinski definition) is 9. The fraction of sp³-hybridized carbons (Fsp3) is 0.320. The molecule has 0 aliphatic carbocycles. The zero-order chi connectivity index (χ0) is 25.2. The number of anilines is 1. The Morgan fingerprint density at radius 1 is 1.14 bits per heavy atom. The van der Waals surface area contributed by atoms with Crippen molar-refractivity contribution in [2.75, 3.05) is 25.1 Å². The van der Waals surface area contributed by atoms with Crippen LogP contribution in [0.15, 0.2) is 35.1 Å². The van der Waals surface area contributed by atoms with E-state index in [1.54, 1.807) is 31.5 Å². The van der Waals surface area contributed by atoms with Crippen molar-refractivity contribution in [2.45, 2.75) is 33.4 Å². The van der Waals surface area contributed by atoms with Crippen molar-refractivity contribution in [3.05, 3.63) is 64.3 Å². The topological polar surface area (TPSA) is 102 Å². The summed E-state index contributed by atoms with van der Waals surface area (Å²) in [5, 5.41) is 7.44. The Hall–Kier alpha value is -3.63. The maximum Gasteiger partial charge on any atom is 0.165 e. The van der Waals surface area contributed by atoms with Gasteiger partial charge in [0.1, 0.15) is 28.0 Å². The average Bonchev–Trinajstić information content (AvgIpc) is 3.46. The van der Waals surface area contributed by atoms with Gasteiger partial charge in [-0.2, -0.15) is 0 Å². The number of benzene rings is 1. The first kappa shape index (κ1) is 24.1. The Morgan fingerprint density at radius 3 is 2.56 bits per heavy atom. The number of nitrogens with zero attached hydrogens (tertiary/aromatic N) is 6. The van der Waals surface area contributed by atoms with Crippen LogP contribution >= 0.6 is 11.6 Å². The summed E-state index contributed by atoms with van der Waals surface area (Å²) in [6.45, 7) is 5.85. The summed E-state index contributed by atoms with van der Waals surface area (Å²) in [5.74, 6) is 1.25. The monoisotopic (exact) mass is 509 g/mol. The maximum absolute atomic E-state index is 15.1. The van der Waals surface area contributed by atoms with Gasteiger partial charge >= 0.3 is 0 Å². The van der Waals surface area contributed by atoms with Gasteiger partial charge in [0.05, 0.1) is 47.9 Å². The third-order valence-electron chi connectivity index (χ3n) is 5.96. The molecule has 0 fully saturated rings. The van der Waals surface area contributed by atoms with E-state index in [-0.39, 0.29) is 11.4 Å². The largest absolute Gasteiger partial charge is 0.494 e. The molecule has 0 radical (unpaired) electrons. The molecule has 36 heavy (non-hydrogen) atoms. The number of halogens is 2. The molecule has 1 N–H and O–H groups in total. The van der Waals surface area contributed by atoms with Gasteiger partial charge in [-0.05, 0) is 52.1 Å². The lowest BCUT2D eigenvalue weighted by Gasteiger charge is -2.20. The van der Waals surface area contributed by atoms with Gasteiger partial charge in [0, 0.05) is 12.4 Å². The van der Waals surface area contributed by atoms with Gasteiger partial charge in [-0.3, -0.25) is 9.97 Å². The molecule has 0 saturated heterocycles. The Morgan fingerprint density at radius 2 is 1.89 bits per heavy atom. The van der Waals surface area contributed by atoms with Gasteiger partial charge in [-0.1, -0.05) is 16.8 Å². The lowest BCUT2D eigenvalue weighted by molar-refractivity contribution is 0.309. The van der Waals surface area contributed by atoms with Gasteiger partial charge in [0.15, 0.2) is 11.6 Å². The molecule has 3 aromatic heterocycles. The average molecular weight is 510 g/mol. The third kappa shape index (κ3) is 4.61. The molecule has 11 heteroatoms. The number of hydrogen-bond donors (Lipinski definition) is 1. The van der Waals surface area contributed by atoms with Gasteiger partial charge in [0.2, 0.25) is 0 Å². The molecule has 1 aliphatic heterocycles. The Bertz CT molecular complexity index is 1370. The minimum Gasteiger partial charge on any atom is -0.494 e. The molecule has 0 saturated carbocycles. The lowest BCUT2D eigenvalue weighted by atomic mass is 10.1. The molecule has 5 rings (SSSR count). The predicted molar refractivity (Wildman–Crippen MR) is 133 cm³/mol. The minimum atomic E-state index is -0.469. The van der Waals surface area contributed by atoms with Crippen LogP contribution in [0.3, 0.4) is 0 Å². The third-order valence-corrected chi connectivity index (χ3v) is 6.31. The van der Waals surface area contributed by atoms with Crippen LogP contribution in [0.4, 0.5) is 10.2 Å². The SMILES string of the molecule is CNCCCOc1ccc(F)c(-c2nc(-c3c(C)noc3C)c(Cl)c(N3Cc4nccnc4C3)n2)c1. The zero-order valence-electron chi connectivity index (χ0n) is 20.2. The number of fused-ring (bicyclic) bond motifs is 1. The minimum absolute atomic E-state index is 0.180. The van der Waals surface area contributed by atoms with E-state index in [1.165, 1.54) is 6.07 Å². The van der Waals surface area contributed by atoms with Crippen molar-refractivity contribution in [2.24, 2.45) is 0 Å². The van der Waals surface area contributed by atoms with E-state index in [1.807, 2.05) is 18.9 Å². The van der Waals surface area contributed by atoms with Gasteiger partial charge in [-0.15, -0.1) is 0 Å². The summed E-state index contributed by atoms with van der Waals surface area (Å²) in [4.78, 5) is 20.2. The van der Waals surface area contributed by atoms with Crippen molar-refractivity contribution in [3.8, 4) is 28.4 Å². The normalized spacial score (nSPS) is 12.8. The highest BCUT2D eigenvalue weighted by atomic mass is 35.5. The molecule has 0 bridgehead atoms. The Labute approximate surface area is 212 Å². The van der Waals surface area contributed by atoms with Crippen LogP contribution in [0.25, 0.3) is 22.6 Å². The first-order valence-corrected chi connectivity index (χ1v) is 12.0. The Balaban J connectivity index is 1.61. The standard InChI is InChI=1S/C25H25ClFN7O2/c1-14-21(15(2)36-33-14)23-22(26)25(34-12-19-20(13-34)30-9-8-29-19)32-24(31-23)17-11-16(5-6-18(17)27)35-10-4-7-28-3/h5-6,8-9,11,28H,4,7,10,12-13H2,1-3H3. The molecular weight excluding hydrogens is 485 g/mol. The van der Waals surface area contributed by atoms with E-state index < -0.39 is 5.82 Å². The molecule has 0 amide bonds. The first-order chi connectivity index (χ1) is 17.5. The molecule has 4 aromatic rings. The first-order valence-electron chi connectivity index (χ1n) is 11.6. The summed E-state index contributed by atoms with van der Waals surface area (Å²) in [6, 6.07) is 4.56. The fourth-order valence-electron chi connectivity index (χ4n) is 4.18. The molecule has 1 aliphatic rings. The molecular formula is C25H25ClFN7O2. The van der Waals surface area contributed by atoms with Crippen molar-refractivity contribution in [1.29, 1.82) is 0 Å². The van der Waals surface area contributed by atoms with Gasteiger partial charge in [0.25, 0.3) is 0 Å². The summed E-state index contributed by atoms with van der Waals surface area (Å²) in [7, 11) is 1.88. The molecule has 0 unspecified atom stereocenters. The number of aryl methyl sites for hydroxylation is 2. The number of ether oxygens (including phenoxy) is 1. The fourth-order valence-corrected chi connectivity index (χ4v) is 4.48. The second-order valence-corrected chi connectivity index (χ2v) is 8.86. The maximum atomic E-state index is 15.1. The molecule has 186 valence electrons. The van der Waals surface area contributed by atoms with Crippen molar-refractivity contribution in [1.82, 2.24) is 30.4 Å². The van der Waals surface area contributed by atoms with E-state index >= 15 is 4.39 Å². The van der Waals surface area contributed by atoms with Crippen molar-refractivity contribution in [3.63, 3.8) is 0 Å². The van der Waals surface area contributed by atoms with Crippen LogP contribution < -0.4 is 15.0 Å². The van der Waals surface area contributed by atoms with Crippen LogP contribution in [0.1, 0.15) is 29.3 Å². The summed E-state index contributed by atoms with van der Waals surface area (Å²) >= 11 is 6.89. The van der Waals surface area contributed by atoms with Crippen molar-refractivity contribution >= 4 is 17.4 Å². The van der Waals surface area contributed by atoms with E-state index in [4.69, 9.17) is 30.8 Å². The molecule has 1 aromatic carbocycles. The number of nitrogens with one attached hydrogen (secondary N) is 1. The van der Waals surface area contributed by atoms with E-state index in [0.717, 1.165) is 24.4 Å². The van der Waals surface area contributed by atoms with E-state index in [2.05, 4.69) is 20.4 Å². The van der Waals surface area contributed by atoms with Crippen LogP contribution in [0.5, 0.6) is 5.75 Å². The number of rotatable bonds is 8. The summed E-state index contributed by atoms with van der Waals surface area (Å²) in [5.41, 5.74) is 3.59. The van der Waals surface area contributed by atoms with E-state index in [0.29, 0.717) is 59.0 Å². The predicted octanol–water partition coefficient (Wildman–Crippen LogP) is 4.51. The van der Waals surface area contributed by atoms with Gasteiger partial charge < -0.3 is 19.5 Å². The zero-order valence-corrected chi connectivity index (χ0v) is 20.9. The second-order valence-electron chi connectivity index (χ2n) is 8.49. The summed E-state index contributed by atoms with van der Waals surface area (Å²) in [6.07, 6.45) is 4.13. The highest BCUT2D eigenvalue weighted by Crippen LogP contribution is 2.40. The van der Waals surface area contributed by atoms with Crippen LogP contribution in [0.2, 0.25) is 5.02 Å². The van der Waals surface area contributed by atoms with E-state index in [9.17, 15) is 0 Å².